The number of carbonyl (C=O) groups is 2. The SMILES string of the molecule is CCOc1ccc(C(=O)CSc2cccc(NC(=O)c3ccc(OC)c(OC)c3)c2)cc1. The van der Waals surface area contributed by atoms with E-state index in [0.29, 0.717) is 40.7 Å². The Bertz CT molecular complexity index is 1080. The van der Waals surface area contributed by atoms with Gasteiger partial charge in [0.15, 0.2) is 17.3 Å². The standard InChI is InChI=1S/C25H25NO5S/c1-4-31-20-11-8-17(9-12-20)22(27)16-32-21-7-5-6-19(15-21)26-25(28)18-10-13-23(29-2)24(14-18)30-3/h5-15H,4,16H2,1-3H3,(H,26,28). The molecule has 0 saturated carbocycles. The highest BCUT2D eigenvalue weighted by atomic mass is 32.2. The lowest BCUT2D eigenvalue weighted by Gasteiger charge is -2.11. The molecule has 6 nitrogen and oxygen atoms in total. The van der Waals surface area contributed by atoms with Crippen molar-refractivity contribution in [2.24, 2.45) is 0 Å². The lowest BCUT2D eigenvalue weighted by atomic mass is 10.1. The van der Waals surface area contributed by atoms with E-state index in [1.165, 1.54) is 18.9 Å². The number of hydrogen-bond donors (Lipinski definition) is 1. The van der Waals surface area contributed by atoms with E-state index in [2.05, 4.69) is 5.32 Å². The Morgan fingerprint density at radius 1 is 0.875 bits per heavy atom. The predicted octanol–water partition coefficient (Wildman–Crippen LogP) is 5.33. The molecule has 3 rings (SSSR count). The van der Waals surface area contributed by atoms with Crippen LogP contribution in [0.2, 0.25) is 0 Å². The minimum atomic E-state index is -0.265. The maximum absolute atomic E-state index is 12.6. The van der Waals surface area contributed by atoms with Gasteiger partial charge in [0.25, 0.3) is 5.91 Å². The van der Waals surface area contributed by atoms with E-state index in [1.807, 2.05) is 25.1 Å². The van der Waals surface area contributed by atoms with E-state index in [4.69, 9.17) is 14.2 Å². The molecule has 0 unspecified atom stereocenters. The summed E-state index contributed by atoms with van der Waals surface area (Å²) in [5, 5.41) is 2.88. The van der Waals surface area contributed by atoms with Crippen molar-refractivity contribution in [2.45, 2.75) is 11.8 Å². The Hall–Kier alpha value is -3.45. The first-order chi connectivity index (χ1) is 15.5. The molecule has 0 aromatic heterocycles. The van der Waals surface area contributed by atoms with Gasteiger partial charge in [0.1, 0.15) is 5.75 Å². The summed E-state index contributed by atoms with van der Waals surface area (Å²) in [5.41, 5.74) is 1.73. The fourth-order valence-corrected chi connectivity index (χ4v) is 3.83. The smallest absolute Gasteiger partial charge is 0.255 e. The van der Waals surface area contributed by atoms with Crippen LogP contribution in [0, 0.1) is 0 Å². The molecule has 1 amide bonds. The van der Waals surface area contributed by atoms with Crippen LogP contribution in [0.1, 0.15) is 27.6 Å². The zero-order valence-electron chi connectivity index (χ0n) is 18.2. The highest BCUT2D eigenvalue weighted by molar-refractivity contribution is 8.00. The monoisotopic (exact) mass is 451 g/mol. The summed E-state index contributed by atoms with van der Waals surface area (Å²) in [6.07, 6.45) is 0. The molecule has 0 aliphatic rings. The molecule has 1 N–H and O–H groups in total. The summed E-state index contributed by atoms with van der Waals surface area (Å²) < 4.78 is 15.9. The number of ketones is 1. The van der Waals surface area contributed by atoms with Crippen LogP contribution in [0.3, 0.4) is 0 Å². The third kappa shape index (κ3) is 6.04. The van der Waals surface area contributed by atoms with Gasteiger partial charge in [-0.3, -0.25) is 9.59 Å². The van der Waals surface area contributed by atoms with E-state index in [9.17, 15) is 9.59 Å². The third-order valence-electron chi connectivity index (χ3n) is 4.59. The molecule has 0 fully saturated rings. The van der Waals surface area contributed by atoms with E-state index < -0.39 is 0 Å². The molecule has 0 bridgehead atoms. The summed E-state index contributed by atoms with van der Waals surface area (Å²) in [4.78, 5) is 26.0. The fourth-order valence-electron chi connectivity index (χ4n) is 2.98. The molecule has 0 aliphatic carbocycles. The summed E-state index contributed by atoms with van der Waals surface area (Å²) in [6.45, 7) is 2.50. The molecule has 0 aliphatic heterocycles. The van der Waals surface area contributed by atoms with E-state index in [-0.39, 0.29) is 11.7 Å². The zero-order valence-corrected chi connectivity index (χ0v) is 19.0. The molecule has 7 heteroatoms. The van der Waals surface area contributed by atoms with Gasteiger partial charge < -0.3 is 19.5 Å². The molecule has 0 spiro atoms. The van der Waals surface area contributed by atoms with Gasteiger partial charge in [0.05, 0.1) is 26.6 Å². The van der Waals surface area contributed by atoms with E-state index >= 15 is 0 Å². The Morgan fingerprint density at radius 2 is 1.59 bits per heavy atom. The number of rotatable bonds is 10. The van der Waals surface area contributed by atoms with Crippen molar-refractivity contribution < 1.29 is 23.8 Å². The number of carbonyl (C=O) groups excluding carboxylic acids is 2. The van der Waals surface area contributed by atoms with Crippen molar-refractivity contribution in [2.75, 3.05) is 31.9 Å². The van der Waals surface area contributed by atoms with Crippen LogP contribution in [0.5, 0.6) is 17.2 Å². The van der Waals surface area contributed by atoms with Crippen molar-refractivity contribution in [1.82, 2.24) is 0 Å². The average molecular weight is 452 g/mol. The number of thioether (sulfide) groups is 1. The van der Waals surface area contributed by atoms with Gasteiger partial charge >= 0.3 is 0 Å². The fraction of sp³-hybridized carbons (Fsp3) is 0.200. The molecule has 32 heavy (non-hydrogen) atoms. The van der Waals surface area contributed by atoms with Crippen LogP contribution in [0.4, 0.5) is 5.69 Å². The number of benzene rings is 3. The second kappa shape index (κ2) is 11.2. The van der Waals surface area contributed by atoms with Crippen molar-refractivity contribution in [3.05, 3.63) is 77.9 Å². The minimum absolute atomic E-state index is 0.0258. The minimum Gasteiger partial charge on any atom is -0.494 e. The zero-order chi connectivity index (χ0) is 22.9. The number of hydrogen-bond acceptors (Lipinski definition) is 6. The topological polar surface area (TPSA) is 73.9 Å². The Labute approximate surface area is 191 Å². The number of amides is 1. The number of Topliss-reactive ketones (excluding diaryl/α,β-unsaturated/α-hetero) is 1. The quantitative estimate of drug-likeness (QED) is 0.332. The van der Waals surface area contributed by atoms with E-state index in [1.54, 1.807) is 55.6 Å². The van der Waals surface area contributed by atoms with Crippen molar-refractivity contribution in [3.8, 4) is 17.2 Å². The van der Waals surface area contributed by atoms with Crippen LogP contribution in [-0.4, -0.2) is 38.3 Å². The summed E-state index contributed by atoms with van der Waals surface area (Å²) in [7, 11) is 3.07. The molecule has 3 aromatic carbocycles. The van der Waals surface area contributed by atoms with Gasteiger partial charge in [-0.25, -0.2) is 0 Å². The summed E-state index contributed by atoms with van der Waals surface area (Å²) in [5.74, 6) is 1.84. The Morgan fingerprint density at radius 3 is 2.28 bits per heavy atom. The number of nitrogens with one attached hydrogen (secondary N) is 1. The molecule has 166 valence electrons. The van der Waals surface area contributed by atoms with Crippen molar-refractivity contribution in [1.29, 1.82) is 0 Å². The first kappa shape index (κ1) is 23.2. The Balaban J connectivity index is 1.61. The lowest BCUT2D eigenvalue weighted by molar-refractivity contribution is 0.101. The number of methoxy groups -OCH3 is 2. The van der Waals surface area contributed by atoms with Gasteiger partial charge in [0.2, 0.25) is 0 Å². The first-order valence-corrected chi connectivity index (χ1v) is 11.0. The predicted molar refractivity (Wildman–Crippen MR) is 127 cm³/mol. The number of anilines is 1. The normalized spacial score (nSPS) is 10.3. The second-order valence-corrected chi connectivity index (χ2v) is 7.77. The van der Waals surface area contributed by atoms with Crippen LogP contribution in [-0.2, 0) is 0 Å². The molecule has 0 atom stereocenters. The van der Waals surface area contributed by atoms with Crippen LogP contribution in [0.15, 0.2) is 71.6 Å². The maximum Gasteiger partial charge on any atom is 0.255 e. The highest BCUT2D eigenvalue weighted by Gasteiger charge is 2.12. The van der Waals surface area contributed by atoms with Gasteiger partial charge in [0, 0.05) is 21.7 Å². The summed E-state index contributed by atoms with van der Waals surface area (Å²) >= 11 is 1.42. The van der Waals surface area contributed by atoms with Gasteiger partial charge in [-0.15, -0.1) is 11.8 Å². The first-order valence-electron chi connectivity index (χ1n) is 10.1. The summed E-state index contributed by atoms with van der Waals surface area (Å²) in [6, 6.07) is 19.5. The molecule has 0 radical (unpaired) electrons. The Kier molecular flexibility index (Phi) is 8.16. The van der Waals surface area contributed by atoms with E-state index in [0.717, 1.165) is 10.6 Å². The molecular formula is C25H25NO5S. The van der Waals surface area contributed by atoms with Gasteiger partial charge in [-0.05, 0) is 67.6 Å². The van der Waals surface area contributed by atoms with Crippen LogP contribution < -0.4 is 19.5 Å². The van der Waals surface area contributed by atoms with Crippen molar-refractivity contribution >= 4 is 29.1 Å². The third-order valence-corrected chi connectivity index (χ3v) is 5.59. The van der Waals surface area contributed by atoms with Crippen molar-refractivity contribution in [3.63, 3.8) is 0 Å². The molecular weight excluding hydrogens is 426 g/mol. The largest absolute Gasteiger partial charge is 0.494 e. The molecule has 3 aromatic rings. The van der Waals surface area contributed by atoms with Gasteiger partial charge in [-0.2, -0.15) is 0 Å². The van der Waals surface area contributed by atoms with Crippen LogP contribution >= 0.6 is 11.8 Å². The average Bonchev–Trinajstić information content (AvgIpc) is 2.83. The van der Waals surface area contributed by atoms with Gasteiger partial charge in [-0.1, -0.05) is 6.07 Å². The van der Waals surface area contributed by atoms with Crippen LogP contribution in [0.25, 0.3) is 0 Å². The second-order valence-electron chi connectivity index (χ2n) is 6.72. The molecule has 0 saturated heterocycles. The lowest BCUT2D eigenvalue weighted by Crippen LogP contribution is -2.12. The number of ether oxygens (including phenoxy) is 3. The maximum atomic E-state index is 12.6. The highest BCUT2D eigenvalue weighted by Crippen LogP contribution is 2.28. The molecule has 0 heterocycles.